The van der Waals surface area contributed by atoms with E-state index in [-0.39, 0.29) is 6.04 Å². The van der Waals surface area contributed by atoms with Crippen LogP contribution in [0.2, 0.25) is 0 Å². The molecule has 0 bridgehead atoms. The minimum Gasteiger partial charge on any atom is -0.481 e. The molecular weight excluding hydrogens is 252 g/mol. The topological polar surface area (TPSA) is 116 Å². The van der Waals surface area contributed by atoms with Gasteiger partial charge in [0, 0.05) is 6.04 Å². The molecule has 7 heteroatoms. The molecule has 0 radical (unpaired) electrons. The van der Waals surface area contributed by atoms with Crippen molar-refractivity contribution in [2.45, 2.75) is 51.1 Å². The number of hydrogen-bond donors (Lipinski definition) is 4. The fraction of sp³-hybridized carbons (Fsp3) is 0.750. The molecule has 1 saturated carbocycles. The summed E-state index contributed by atoms with van der Waals surface area (Å²) in [6, 6.07) is -2.08. The minimum absolute atomic E-state index is 0.0400. The van der Waals surface area contributed by atoms with Crippen molar-refractivity contribution in [1.29, 1.82) is 0 Å². The molecule has 4 N–H and O–H groups in total. The van der Waals surface area contributed by atoms with Gasteiger partial charge in [0.15, 0.2) is 0 Å². The van der Waals surface area contributed by atoms with Gasteiger partial charge in [-0.1, -0.05) is 12.8 Å². The molecule has 0 aromatic carbocycles. The van der Waals surface area contributed by atoms with Gasteiger partial charge in [-0.2, -0.15) is 0 Å². The van der Waals surface area contributed by atoms with E-state index in [4.69, 9.17) is 10.2 Å². The van der Waals surface area contributed by atoms with Crippen molar-refractivity contribution in [2.24, 2.45) is 5.92 Å². The molecule has 1 rings (SSSR count). The Morgan fingerprint density at radius 3 is 2.21 bits per heavy atom. The number of carboxylic acid groups (broad SMARTS) is 2. The van der Waals surface area contributed by atoms with Crippen molar-refractivity contribution in [3.8, 4) is 0 Å². The first kappa shape index (κ1) is 15.3. The Labute approximate surface area is 111 Å². The molecule has 1 unspecified atom stereocenters. The Morgan fingerprint density at radius 2 is 1.74 bits per heavy atom. The van der Waals surface area contributed by atoms with Crippen molar-refractivity contribution in [1.82, 2.24) is 10.6 Å². The van der Waals surface area contributed by atoms with Gasteiger partial charge in [-0.15, -0.1) is 0 Å². The highest BCUT2D eigenvalue weighted by Crippen LogP contribution is 2.27. The van der Waals surface area contributed by atoms with E-state index < -0.39 is 30.4 Å². The standard InChI is InChI=1S/C12H20N2O5/c1-7(8-4-2-3-5-8)13-12(19)14-9(11(17)18)6-10(15)16/h7-9H,2-6H2,1H3,(H,15,16)(H,17,18)(H2,13,14,19)/t7?,9-/m1/s1. The lowest BCUT2D eigenvalue weighted by Gasteiger charge is -2.21. The molecule has 0 spiro atoms. The van der Waals surface area contributed by atoms with Crippen LogP contribution >= 0.6 is 0 Å². The lowest BCUT2D eigenvalue weighted by atomic mass is 10.0. The molecule has 108 valence electrons. The van der Waals surface area contributed by atoms with E-state index in [2.05, 4.69) is 10.6 Å². The van der Waals surface area contributed by atoms with Crippen LogP contribution in [0.25, 0.3) is 0 Å². The van der Waals surface area contributed by atoms with Gasteiger partial charge in [-0.25, -0.2) is 9.59 Å². The largest absolute Gasteiger partial charge is 0.481 e. The van der Waals surface area contributed by atoms with Gasteiger partial charge in [0.25, 0.3) is 0 Å². The summed E-state index contributed by atoms with van der Waals surface area (Å²) >= 11 is 0. The van der Waals surface area contributed by atoms with Crippen LogP contribution in [0.1, 0.15) is 39.0 Å². The molecule has 2 atom stereocenters. The third-order valence-electron chi connectivity index (χ3n) is 3.45. The van der Waals surface area contributed by atoms with E-state index in [0.717, 1.165) is 25.7 Å². The van der Waals surface area contributed by atoms with Crippen LogP contribution in [-0.4, -0.2) is 40.3 Å². The third kappa shape index (κ3) is 5.15. The van der Waals surface area contributed by atoms with Crippen LogP contribution in [0.3, 0.4) is 0 Å². The highest BCUT2D eigenvalue weighted by molar-refractivity contribution is 5.86. The Hall–Kier alpha value is -1.79. The maximum absolute atomic E-state index is 11.6. The number of amides is 2. The Morgan fingerprint density at radius 1 is 1.16 bits per heavy atom. The fourth-order valence-corrected chi connectivity index (χ4v) is 2.36. The first-order valence-corrected chi connectivity index (χ1v) is 6.41. The predicted octanol–water partition coefficient (Wildman–Crippen LogP) is 0.792. The summed E-state index contributed by atoms with van der Waals surface area (Å²) in [6.07, 6.45) is 3.77. The maximum Gasteiger partial charge on any atom is 0.326 e. The zero-order valence-corrected chi connectivity index (χ0v) is 10.9. The van der Waals surface area contributed by atoms with E-state index in [1.807, 2.05) is 6.92 Å². The molecule has 0 aliphatic heterocycles. The normalized spacial score (nSPS) is 18.6. The molecule has 0 heterocycles. The number of rotatable bonds is 6. The van der Waals surface area contributed by atoms with Gasteiger partial charge in [0.05, 0.1) is 6.42 Å². The van der Waals surface area contributed by atoms with Gasteiger partial charge in [-0.05, 0) is 25.7 Å². The average Bonchev–Trinajstić information content (AvgIpc) is 2.80. The monoisotopic (exact) mass is 272 g/mol. The Bertz CT molecular complexity index is 352. The van der Waals surface area contributed by atoms with Crippen molar-refractivity contribution in [2.75, 3.05) is 0 Å². The van der Waals surface area contributed by atoms with Crippen LogP contribution in [0, 0.1) is 5.92 Å². The van der Waals surface area contributed by atoms with Gasteiger partial charge in [0.2, 0.25) is 0 Å². The molecule has 1 fully saturated rings. The van der Waals surface area contributed by atoms with Crippen LogP contribution in [0.5, 0.6) is 0 Å². The summed E-state index contributed by atoms with van der Waals surface area (Å²) in [5.41, 5.74) is 0. The van der Waals surface area contributed by atoms with E-state index in [9.17, 15) is 14.4 Å². The zero-order chi connectivity index (χ0) is 14.4. The first-order valence-electron chi connectivity index (χ1n) is 6.41. The number of carboxylic acids is 2. The molecule has 0 saturated heterocycles. The maximum atomic E-state index is 11.6. The SMILES string of the molecule is CC(NC(=O)N[C@H](CC(=O)O)C(=O)O)C1CCCC1. The van der Waals surface area contributed by atoms with Crippen molar-refractivity contribution >= 4 is 18.0 Å². The van der Waals surface area contributed by atoms with Crippen molar-refractivity contribution in [3.05, 3.63) is 0 Å². The second kappa shape index (κ2) is 6.96. The van der Waals surface area contributed by atoms with Crippen molar-refractivity contribution < 1.29 is 24.6 Å². The quantitative estimate of drug-likeness (QED) is 0.570. The molecule has 0 aromatic rings. The molecule has 7 nitrogen and oxygen atoms in total. The first-order chi connectivity index (χ1) is 8.90. The lowest BCUT2D eigenvalue weighted by Crippen LogP contribution is -2.50. The van der Waals surface area contributed by atoms with Crippen LogP contribution in [0.4, 0.5) is 4.79 Å². The molecule has 2 amide bonds. The fourth-order valence-electron chi connectivity index (χ4n) is 2.36. The van der Waals surface area contributed by atoms with E-state index >= 15 is 0 Å². The Balaban J connectivity index is 2.43. The zero-order valence-electron chi connectivity index (χ0n) is 10.9. The number of aliphatic carboxylic acids is 2. The average molecular weight is 272 g/mol. The number of nitrogens with one attached hydrogen (secondary N) is 2. The number of carbonyl (C=O) groups is 3. The van der Waals surface area contributed by atoms with Crippen LogP contribution in [-0.2, 0) is 9.59 Å². The summed E-state index contributed by atoms with van der Waals surface area (Å²) in [4.78, 5) is 32.9. The van der Waals surface area contributed by atoms with E-state index in [1.54, 1.807) is 0 Å². The summed E-state index contributed by atoms with van der Waals surface area (Å²) < 4.78 is 0. The highest BCUT2D eigenvalue weighted by Gasteiger charge is 2.26. The predicted molar refractivity (Wildman–Crippen MR) is 66.8 cm³/mol. The van der Waals surface area contributed by atoms with Gasteiger partial charge >= 0.3 is 18.0 Å². The summed E-state index contributed by atoms with van der Waals surface area (Å²) in [7, 11) is 0. The molecule has 0 aromatic heterocycles. The van der Waals surface area contributed by atoms with Gasteiger partial charge < -0.3 is 20.8 Å². The molecule has 19 heavy (non-hydrogen) atoms. The Kier molecular flexibility index (Phi) is 5.59. The smallest absolute Gasteiger partial charge is 0.326 e. The highest BCUT2D eigenvalue weighted by atomic mass is 16.4. The summed E-state index contributed by atoms with van der Waals surface area (Å²) in [5, 5.41) is 22.2. The number of carbonyl (C=O) groups excluding carboxylic acids is 1. The second-order valence-corrected chi connectivity index (χ2v) is 4.94. The summed E-state index contributed by atoms with van der Waals surface area (Å²) in [6.45, 7) is 1.88. The van der Waals surface area contributed by atoms with E-state index in [1.165, 1.54) is 0 Å². The molecular formula is C12H20N2O5. The van der Waals surface area contributed by atoms with Gasteiger partial charge in [0.1, 0.15) is 6.04 Å². The van der Waals surface area contributed by atoms with Crippen LogP contribution in [0.15, 0.2) is 0 Å². The molecule has 1 aliphatic carbocycles. The lowest BCUT2D eigenvalue weighted by molar-refractivity contribution is -0.145. The third-order valence-corrected chi connectivity index (χ3v) is 3.45. The minimum atomic E-state index is -1.41. The summed E-state index contributed by atoms with van der Waals surface area (Å²) in [5.74, 6) is -2.21. The number of hydrogen-bond acceptors (Lipinski definition) is 3. The van der Waals surface area contributed by atoms with Crippen LogP contribution < -0.4 is 10.6 Å². The van der Waals surface area contributed by atoms with Gasteiger partial charge in [-0.3, -0.25) is 4.79 Å². The van der Waals surface area contributed by atoms with Crippen molar-refractivity contribution in [3.63, 3.8) is 0 Å². The van der Waals surface area contributed by atoms with E-state index in [0.29, 0.717) is 5.92 Å². The molecule has 1 aliphatic rings. The second-order valence-electron chi connectivity index (χ2n) is 4.94. The number of urea groups is 1.